The number of fused-ring (bicyclic) bond motifs is 1. The molecule has 5 nitrogen and oxygen atoms in total. The molecule has 7 heteroatoms. The van der Waals surface area contributed by atoms with E-state index in [9.17, 15) is 9.59 Å². The Bertz CT molecular complexity index is 1010. The Hall–Kier alpha value is -2.37. The molecule has 0 bridgehead atoms. The molecular weight excluding hydrogens is 363 g/mol. The summed E-state index contributed by atoms with van der Waals surface area (Å²) in [6.07, 6.45) is -0.0152. The van der Waals surface area contributed by atoms with Crippen molar-refractivity contribution in [3.63, 3.8) is 0 Å². The number of hydrogen-bond donors (Lipinski definition) is 0. The third-order valence-electron chi connectivity index (χ3n) is 3.80. The van der Waals surface area contributed by atoms with Gasteiger partial charge in [-0.25, -0.2) is 4.68 Å². The molecule has 25 heavy (non-hydrogen) atoms. The van der Waals surface area contributed by atoms with Crippen LogP contribution in [0.5, 0.6) is 0 Å². The first-order valence-electron chi connectivity index (χ1n) is 7.49. The van der Waals surface area contributed by atoms with E-state index in [0.29, 0.717) is 26.5 Å². The molecule has 0 saturated heterocycles. The minimum atomic E-state index is -0.419. The summed E-state index contributed by atoms with van der Waals surface area (Å²) >= 11 is 12.0. The summed E-state index contributed by atoms with van der Waals surface area (Å²) in [4.78, 5) is 24.4. The van der Waals surface area contributed by atoms with Gasteiger partial charge in [-0.05, 0) is 23.8 Å². The SMILES string of the molecule is COC(=O)Cc1nn(Cc2ccc(Cl)c(Cl)c2)c(=O)c2ccccc12. The zero-order chi connectivity index (χ0) is 18.0. The largest absolute Gasteiger partial charge is 0.469 e. The monoisotopic (exact) mass is 376 g/mol. The number of methoxy groups -OCH3 is 1. The van der Waals surface area contributed by atoms with Crippen molar-refractivity contribution in [1.82, 2.24) is 9.78 Å². The molecule has 0 N–H and O–H groups in total. The predicted octanol–water partition coefficient (Wildman–Crippen LogP) is 3.47. The molecule has 1 aromatic heterocycles. The lowest BCUT2D eigenvalue weighted by Crippen LogP contribution is -2.26. The smallest absolute Gasteiger partial charge is 0.311 e. The summed E-state index contributed by atoms with van der Waals surface area (Å²) in [5.74, 6) is -0.419. The molecule has 0 aliphatic rings. The van der Waals surface area contributed by atoms with Crippen LogP contribution in [0.4, 0.5) is 0 Å². The molecule has 2 aromatic carbocycles. The van der Waals surface area contributed by atoms with Gasteiger partial charge in [-0.3, -0.25) is 9.59 Å². The van der Waals surface area contributed by atoms with Crippen molar-refractivity contribution >= 4 is 39.9 Å². The quantitative estimate of drug-likeness (QED) is 0.654. The lowest BCUT2D eigenvalue weighted by atomic mass is 10.1. The summed E-state index contributed by atoms with van der Waals surface area (Å²) in [5.41, 5.74) is 1.03. The fourth-order valence-electron chi connectivity index (χ4n) is 2.56. The molecule has 0 aliphatic heterocycles. The highest BCUT2D eigenvalue weighted by Crippen LogP contribution is 2.23. The first-order chi connectivity index (χ1) is 12.0. The van der Waals surface area contributed by atoms with Crippen molar-refractivity contribution < 1.29 is 9.53 Å². The zero-order valence-corrected chi connectivity index (χ0v) is 14.8. The third kappa shape index (κ3) is 3.67. The topological polar surface area (TPSA) is 61.2 Å². The number of ether oxygens (including phenoxy) is 1. The van der Waals surface area contributed by atoms with Crippen LogP contribution >= 0.6 is 23.2 Å². The summed E-state index contributed by atoms with van der Waals surface area (Å²) in [5, 5.41) is 6.35. The van der Waals surface area contributed by atoms with E-state index in [4.69, 9.17) is 27.9 Å². The van der Waals surface area contributed by atoms with Crippen LogP contribution < -0.4 is 5.56 Å². The molecule has 0 radical (unpaired) electrons. The zero-order valence-electron chi connectivity index (χ0n) is 13.3. The molecule has 3 rings (SSSR count). The van der Waals surface area contributed by atoms with Gasteiger partial charge in [-0.15, -0.1) is 0 Å². The van der Waals surface area contributed by atoms with E-state index in [1.807, 2.05) is 0 Å². The minimum Gasteiger partial charge on any atom is -0.469 e. The molecule has 0 fully saturated rings. The Balaban J connectivity index is 2.11. The molecule has 128 valence electrons. The van der Waals surface area contributed by atoms with Gasteiger partial charge in [0.05, 0.1) is 41.2 Å². The van der Waals surface area contributed by atoms with E-state index in [0.717, 1.165) is 5.56 Å². The van der Waals surface area contributed by atoms with Gasteiger partial charge in [-0.2, -0.15) is 5.10 Å². The van der Waals surface area contributed by atoms with Gasteiger partial charge < -0.3 is 4.74 Å². The Morgan fingerprint density at radius 2 is 1.84 bits per heavy atom. The van der Waals surface area contributed by atoms with E-state index in [1.54, 1.807) is 42.5 Å². The van der Waals surface area contributed by atoms with E-state index in [2.05, 4.69) is 5.10 Å². The van der Waals surface area contributed by atoms with Gasteiger partial charge in [0.1, 0.15) is 0 Å². The Kier molecular flexibility index (Phi) is 5.06. The number of nitrogens with zero attached hydrogens (tertiary/aromatic N) is 2. The first kappa shape index (κ1) is 17.5. The summed E-state index contributed by atoms with van der Waals surface area (Å²) in [6, 6.07) is 12.2. The van der Waals surface area contributed by atoms with E-state index in [1.165, 1.54) is 11.8 Å². The molecular formula is C18H14Cl2N2O3. The van der Waals surface area contributed by atoms with Gasteiger partial charge in [0.25, 0.3) is 5.56 Å². The Morgan fingerprint density at radius 1 is 1.12 bits per heavy atom. The molecule has 0 unspecified atom stereocenters. The van der Waals surface area contributed by atoms with Crippen molar-refractivity contribution in [2.45, 2.75) is 13.0 Å². The number of halogens is 2. The Morgan fingerprint density at radius 3 is 2.52 bits per heavy atom. The first-order valence-corrected chi connectivity index (χ1v) is 8.24. The van der Waals surface area contributed by atoms with Crippen molar-refractivity contribution in [3.05, 3.63) is 74.1 Å². The van der Waals surface area contributed by atoms with Crippen LogP contribution in [0.25, 0.3) is 10.8 Å². The van der Waals surface area contributed by atoms with E-state index < -0.39 is 5.97 Å². The normalized spacial score (nSPS) is 10.8. The molecule has 0 saturated carbocycles. The maximum atomic E-state index is 12.7. The van der Waals surface area contributed by atoms with Crippen LogP contribution in [0.2, 0.25) is 10.0 Å². The van der Waals surface area contributed by atoms with Gasteiger partial charge in [0.15, 0.2) is 0 Å². The number of esters is 1. The van der Waals surface area contributed by atoms with Crippen molar-refractivity contribution in [2.75, 3.05) is 7.11 Å². The lowest BCUT2D eigenvalue weighted by molar-refractivity contribution is -0.139. The summed E-state index contributed by atoms with van der Waals surface area (Å²) < 4.78 is 6.04. The Labute approximate surface area is 153 Å². The van der Waals surface area contributed by atoms with Gasteiger partial charge >= 0.3 is 5.97 Å². The third-order valence-corrected chi connectivity index (χ3v) is 4.54. The number of hydrogen-bond acceptors (Lipinski definition) is 4. The highest BCUT2D eigenvalue weighted by molar-refractivity contribution is 6.42. The highest BCUT2D eigenvalue weighted by Gasteiger charge is 2.14. The standard InChI is InChI=1S/C18H14Cl2N2O3/c1-25-17(23)9-16-12-4-2-3-5-13(12)18(24)22(21-16)10-11-6-7-14(19)15(20)8-11/h2-8H,9-10H2,1H3. The minimum absolute atomic E-state index is 0.0152. The lowest BCUT2D eigenvalue weighted by Gasteiger charge is -2.11. The fraction of sp³-hybridized carbons (Fsp3) is 0.167. The second-order valence-corrected chi connectivity index (χ2v) is 6.27. The highest BCUT2D eigenvalue weighted by atomic mass is 35.5. The molecule has 3 aromatic rings. The van der Waals surface area contributed by atoms with Gasteiger partial charge in [0.2, 0.25) is 0 Å². The number of carbonyl (C=O) groups is 1. The van der Waals surface area contributed by atoms with E-state index in [-0.39, 0.29) is 18.5 Å². The molecule has 0 amide bonds. The average Bonchev–Trinajstić information content (AvgIpc) is 2.62. The van der Waals surface area contributed by atoms with Gasteiger partial charge in [0, 0.05) is 5.39 Å². The number of benzene rings is 2. The molecule has 1 heterocycles. The van der Waals surface area contributed by atoms with Crippen molar-refractivity contribution in [3.8, 4) is 0 Å². The number of aromatic nitrogens is 2. The molecule has 0 atom stereocenters. The maximum Gasteiger partial charge on any atom is 0.311 e. The van der Waals surface area contributed by atoms with Crippen LogP contribution in [0.15, 0.2) is 47.3 Å². The summed E-state index contributed by atoms with van der Waals surface area (Å²) in [7, 11) is 1.32. The summed E-state index contributed by atoms with van der Waals surface area (Å²) in [6.45, 7) is 0.217. The number of rotatable bonds is 4. The number of carbonyl (C=O) groups excluding carboxylic acids is 1. The fourth-order valence-corrected chi connectivity index (χ4v) is 2.88. The molecule has 0 aliphatic carbocycles. The van der Waals surface area contributed by atoms with Gasteiger partial charge in [-0.1, -0.05) is 47.5 Å². The van der Waals surface area contributed by atoms with Crippen LogP contribution in [0.1, 0.15) is 11.3 Å². The second kappa shape index (κ2) is 7.25. The van der Waals surface area contributed by atoms with Crippen LogP contribution in [-0.4, -0.2) is 22.9 Å². The van der Waals surface area contributed by atoms with Crippen molar-refractivity contribution in [2.24, 2.45) is 0 Å². The molecule has 0 spiro atoms. The van der Waals surface area contributed by atoms with Crippen LogP contribution in [0.3, 0.4) is 0 Å². The average molecular weight is 377 g/mol. The van der Waals surface area contributed by atoms with E-state index >= 15 is 0 Å². The van der Waals surface area contributed by atoms with Crippen LogP contribution in [-0.2, 0) is 22.5 Å². The predicted molar refractivity (Wildman–Crippen MR) is 97.3 cm³/mol. The maximum absolute atomic E-state index is 12.7. The van der Waals surface area contributed by atoms with Crippen molar-refractivity contribution in [1.29, 1.82) is 0 Å². The van der Waals surface area contributed by atoms with Crippen LogP contribution in [0, 0.1) is 0 Å². The second-order valence-electron chi connectivity index (χ2n) is 5.46.